The number of nitrogens with zero attached hydrogens (tertiary/aromatic N) is 1. The van der Waals surface area contributed by atoms with Gasteiger partial charge in [-0.15, -0.1) is 0 Å². The van der Waals surface area contributed by atoms with Crippen LogP contribution in [0.15, 0.2) is 48.5 Å². The monoisotopic (exact) mass is 343 g/mol. The molecule has 0 aliphatic rings. The van der Waals surface area contributed by atoms with Gasteiger partial charge in [-0.25, -0.2) is 0 Å². The predicted octanol–water partition coefficient (Wildman–Crippen LogP) is 3.79. The van der Waals surface area contributed by atoms with Gasteiger partial charge in [0.2, 0.25) is 0 Å². The first-order valence-electron chi connectivity index (χ1n) is 8.75. The summed E-state index contributed by atoms with van der Waals surface area (Å²) in [5.41, 5.74) is 2.49. The van der Waals surface area contributed by atoms with Crippen LogP contribution in [0.4, 0.5) is 0 Å². The summed E-state index contributed by atoms with van der Waals surface area (Å²) in [6.07, 6.45) is 2.90. The molecule has 0 aliphatic carbocycles. The SMILES string of the molecule is COCOc1ccc(OCCCN(C)C)c(CCc2ccccc2)c1. The summed E-state index contributed by atoms with van der Waals surface area (Å²) in [5, 5.41) is 0. The highest BCUT2D eigenvalue weighted by atomic mass is 16.7. The molecule has 4 nitrogen and oxygen atoms in total. The lowest BCUT2D eigenvalue weighted by molar-refractivity contribution is 0.0510. The molecule has 4 heteroatoms. The molecule has 0 amide bonds. The van der Waals surface area contributed by atoms with E-state index >= 15 is 0 Å². The second-order valence-corrected chi connectivity index (χ2v) is 6.31. The average molecular weight is 343 g/mol. The Hall–Kier alpha value is -2.04. The molecule has 0 spiro atoms. The quantitative estimate of drug-likeness (QED) is 0.459. The zero-order chi connectivity index (χ0) is 17.9. The zero-order valence-corrected chi connectivity index (χ0v) is 15.5. The van der Waals surface area contributed by atoms with Gasteiger partial charge >= 0.3 is 0 Å². The van der Waals surface area contributed by atoms with Gasteiger partial charge in [0.05, 0.1) is 6.61 Å². The third kappa shape index (κ3) is 7.16. The van der Waals surface area contributed by atoms with Gasteiger partial charge in [-0.1, -0.05) is 30.3 Å². The second-order valence-electron chi connectivity index (χ2n) is 6.31. The van der Waals surface area contributed by atoms with Gasteiger partial charge in [0, 0.05) is 13.7 Å². The van der Waals surface area contributed by atoms with E-state index in [1.165, 1.54) is 11.1 Å². The summed E-state index contributed by atoms with van der Waals surface area (Å²) in [6, 6.07) is 16.5. The lowest BCUT2D eigenvalue weighted by Gasteiger charge is -2.15. The minimum atomic E-state index is 0.251. The topological polar surface area (TPSA) is 30.9 Å². The van der Waals surface area contributed by atoms with Gasteiger partial charge in [-0.05, 0) is 62.7 Å². The molecular weight excluding hydrogens is 314 g/mol. The number of hydrogen-bond donors (Lipinski definition) is 0. The fraction of sp³-hybridized carbons (Fsp3) is 0.429. The zero-order valence-electron chi connectivity index (χ0n) is 15.5. The number of benzene rings is 2. The van der Waals surface area contributed by atoms with E-state index in [2.05, 4.69) is 49.3 Å². The summed E-state index contributed by atoms with van der Waals surface area (Å²) in [6.45, 7) is 1.99. The van der Waals surface area contributed by atoms with Crippen LogP contribution in [0.1, 0.15) is 17.5 Å². The number of hydrogen-bond acceptors (Lipinski definition) is 4. The van der Waals surface area contributed by atoms with E-state index in [0.717, 1.165) is 43.9 Å². The number of rotatable bonds is 11. The van der Waals surface area contributed by atoms with Crippen molar-refractivity contribution in [2.75, 3.05) is 41.1 Å². The normalized spacial score (nSPS) is 10.9. The molecule has 0 saturated heterocycles. The molecule has 2 rings (SSSR count). The first-order chi connectivity index (χ1) is 12.2. The van der Waals surface area contributed by atoms with Crippen LogP contribution in [-0.4, -0.2) is 46.0 Å². The Kier molecular flexibility index (Phi) is 8.29. The Balaban J connectivity index is 2.02. The molecule has 2 aromatic carbocycles. The predicted molar refractivity (Wildman–Crippen MR) is 101 cm³/mol. The van der Waals surface area contributed by atoms with Crippen molar-refractivity contribution in [2.45, 2.75) is 19.3 Å². The summed E-state index contributed by atoms with van der Waals surface area (Å²) in [4.78, 5) is 2.17. The highest BCUT2D eigenvalue weighted by molar-refractivity contribution is 5.41. The summed E-state index contributed by atoms with van der Waals surface area (Å²) in [5.74, 6) is 1.75. The maximum Gasteiger partial charge on any atom is 0.188 e. The Morgan fingerprint density at radius 2 is 1.72 bits per heavy atom. The lowest BCUT2D eigenvalue weighted by Crippen LogP contribution is -2.15. The number of methoxy groups -OCH3 is 1. The van der Waals surface area contributed by atoms with Gasteiger partial charge < -0.3 is 19.1 Å². The number of ether oxygens (including phenoxy) is 3. The standard InChI is InChI=1S/C21H29NO3/c1-22(2)14-7-15-24-21-13-12-20(25-17-23-3)16-19(21)11-10-18-8-5-4-6-9-18/h4-6,8-9,12-13,16H,7,10-11,14-15,17H2,1-3H3. The minimum Gasteiger partial charge on any atom is -0.493 e. The van der Waals surface area contributed by atoms with E-state index in [1.54, 1.807) is 7.11 Å². The summed E-state index contributed by atoms with van der Waals surface area (Å²) < 4.78 is 16.6. The van der Waals surface area contributed by atoms with E-state index < -0.39 is 0 Å². The van der Waals surface area contributed by atoms with Crippen molar-refractivity contribution in [3.05, 3.63) is 59.7 Å². The largest absolute Gasteiger partial charge is 0.493 e. The van der Waals surface area contributed by atoms with Gasteiger partial charge in [-0.2, -0.15) is 0 Å². The molecule has 0 unspecified atom stereocenters. The molecule has 0 aliphatic heterocycles. The third-order valence-electron chi connectivity index (χ3n) is 3.91. The lowest BCUT2D eigenvalue weighted by atomic mass is 10.0. The van der Waals surface area contributed by atoms with Crippen LogP contribution < -0.4 is 9.47 Å². The van der Waals surface area contributed by atoms with Crippen LogP contribution in [0, 0.1) is 0 Å². The third-order valence-corrected chi connectivity index (χ3v) is 3.91. The molecular formula is C21H29NO3. The van der Waals surface area contributed by atoms with Crippen molar-refractivity contribution in [3.8, 4) is 11.5 Å². The molecule has 25 heavy (non-hydrogen) atoms. The Morgan fingerprint density at radius 3 is 2.44 bits per heavy atom. The van der Waals surface area contributed by atoms with E-state index in [9.17, 15) is 0 Å². The average Bonchev–Trinajstić information content (AvgIpc) is 2.63. The van der Waals surface area contributed by atoms with Gasteiger partial charge in [0.25, 0.3) is 0 Å². The molecule has 0 heterocycles. The van der Waals surface area contributed by atoms with E-state index in [0.29, 0.717) is 0 Å². The van der Waals surface area contributed by atoms with Crippen molar-refractivity contribution in [1.29, 1.82) is 0 Å². The molecule has 0 aromatic heterocycles. The van der Waals surface area contributed by atoms with Crippen molar-refractivity contribution < 1.29 is 14.2 Å². The molecule has 0 N–H and O–H groups in total. The van der Waals surface area contributed by atoms with E-state index in [1.807, 2.05) is 18.2 Å². The molecule has 0 atom stereocenters. The van der Waals surface area contributed by atoms with Crippen molar-refractivity contribution >= 4 is 0 Å². The molecule has 0 saturated carbocycles. The van der Waals surface area contributed by atoms with Crippen LogP contribution in [0.3, 0.4) is 0 Å². The first-order valence-corrected chi connectivity index (χ1v) is 8.75. The van der Waals surface area contributed by atoms with Crippen LogP contribution in [-0.2, 0) is 17.6 Å². The molecule has 136 valence electrons. The van der Waals surface area contributed by atoms with Crippen molar-refractivity contribution in [1.82, 2.24) is 4.90 Å². The fourth-order valence-corrected chi connectivity index (χ4v) is 2.60. The Morgan fingerprint density at radius 1 is 0.920 bits per heavy atom. The van der Waals surface area contributed by atoms with E-state index in [-0.39, 0.29) is 6.79 Å². The van der Waals surface area contributed by atoms with Crippen LogP contribution >= 0.6 is 0 Å². The second kappa shape index (κ2) is 10.7. The van der Waals surface area contributed by atoms with Gasteiger partial charge in [0.15, 0.2) is 6.79 Å². The van der Waals surface area contributed by atoms with Gasteiger partial charge in [-0.3, -0.25) is 0 Å². The van der Waals surface area contributed by atoms with Gasteiger partial charge in [0.1, 0.15) is 11.5 Å². The molecule has 0 bridgehead atoms. The summed E-state index contributed by atoms with van der Waals surface area (Å²) >= 11 is 0. The summed E-state index contributed by atoms with van der Waals surface area (Å²) in [7, 11) is 5.78. The maximum atomic E-state index is 6.02. The van der Waals surface area contributed by atoms with Crippen molar-refractivity contribution in [2.24, 2.45) is 0 Å². The molecule has 2 aromatic rings. The molecule has 0 radical (unpaired) electrons. The molecule has 0 fully saturated rings. The maximum absolute atomic E-state index is 6.02. The highest BCUT2D eigenvalue weighted by Crippen LogP contribution is 2.26. The van der Waals surface area contributed by atoms with E-state index in [4.69, 9.17) is 14.2 Å². The van der Waals surface area contributed by atoms with Crippen LogP contribution in [0.25, 0.3) is 0 Å². The minimum absolute atomic E-state index is 0.251. The first kappa shape index (κ1) is 19.3. The number of aryl methyl sites for hydroxylation is 2. The highest BCUT2D eigenvalue weighted by Gasteiger charge is 2.07. The Bertz CT molecular complexity index is 614. The van der Waals surface area contributed by atoms with Crippen molar-refractivity contribution in [3.63, 3.8) is 0 Å². The Labute approximate surface area is 151 Å². The fourth-order valence-electron chi connectivity index (χ4n) is 2.60. The smallest absolute Gasteiger partial charge is 0.188 e. The van der Waals surface area contributed by atoms with Crippen LogP contribution in [0.5, 0.6) is 11.5 Å². The van der Waals surface area contributed by atoms with Crippen LogP contribution in [0.2, 0.25) is 0 Å².